The van der Waals surface area contributed by atoms with Gasteiger partial charge in [-0.3, -0.25) is 0 Å². The summed E-state index contributed by atoms with van der Waals surface area (Å²) in [6, 6.07) is 47.1. The average Bonchev–Trinajstić information content (AvgIpc) is 3.69. The number of aromatic nitrogens is 2. The van der Waals surface area contributed by atoms with Crippen LogP contribution in [0, 0.1) is 0 Å². The van der Waals surface area contributed by atoms with Crippen molar-refractivity contribution in [3.8, 4) is 22.5 Å². The molecular weight excluding hydrogens is 556 g/mol. The molecule has 8 aromatic carbocycles. The zero-order valence-electron chi connectivity index (χ0n) is 29.7. The SMILES string of the molecule is [2H]c1c([2H])c([2H])c(-c2cccc(-n3c4ccccc4c4c5c6ccccc6n(-c6ccc7c(ccc8ccccc87)c6)c5ccc43)c2)c([2H])c1[2H]. The Morgan fingerprint density at radius 3 is 1.67 bits per heavy atom. The van der Waals surface area contributed by atoms with Crippen molar-refractivity contribution in [3.05, 3.63) is 170 Å². The monoisotopic (exact) mass is 589 g/mol. The molecule has 0 fully saturated rings. The lowest BCUT2D eigenvalue weighted by Gasteiger charge is -2.12. The summed E-state index contributed by atoms with van der Waals surface area (Å²) in [6.07, 6.45) is 0. The lowest BCUT2D eigenvalue weighted by molar-refractivity contribution is 1.17. The van der Waals surface area contributed by atoms with Crippen molar-refractivity contribution in [2.75, 3.05) is 0 Å². The van der Waals surface area contributed by atoms with Gasteiger partial charge in [0.05, 0.1) is 28.9 Å². The van der Waals surface area contributed by atoms with E-state index in [9.17, 15) is 0 Å². The molecule has 0 unspecified atom stereocenters. The first kappa shape index (κ1) is 20.8. The van der Waals surface area contributed by atoms with Crippen LogP contribution >= 0.6 is 0 Å². The van der Waals surface area contributed by atoms with E-state index in [0.29, 0.717) is 5.56 Å². The molecule has 0 atom stereocenters. The van der Waals surface area contributed by atoms with Crippen molar-refractivity contribution in [2.45, 2.75) is 0 Å². The lowest BCUT2D eigenvalue weighted by atomic mass is 10.0. The van der Waals surface area contributed by atoms with Gasteiger partial charge in [0.1, 0.15) is 0 Å². The Morgan fingerprint density at radius 2 is 0.957 bits per heavy atom. The molecule has 0 N–H and O–H groups in total. The van der Waals surface area contributed by atoms with Crippen LogP contribution in [0.25, 0.3) is 87.7 Å². The molecule has 214 valence electrons. The van der Waals surface area contributed by atoms with Gasteiger partial charge in [-0.25, -0.2) is 0 Å². The number of benzene rings is 8. The maximum Gasteiger partial charge on any atom is 0.0629 e. The van der Waals surface area contributed by atoms with Crippen LogP contribution in [-0.4, -0.2) is 9.13 Å². The third-order valence-corrected chi connectivity index (χ3v) is 9.35. The van der Waals surface area contributed by atoms with Crippen LogP contribution in [0.3, 0.4) is 0 Å². The Labute approximate surface area is 273 Å². The highest BCUT2D eigenvalue weighted by atomic mass is 15.0. The molecule has 0 aliphatic heterocycles. The Hall–Kier alpha value is -6.12. The number of rotatable bonds is 3. The van der Waals surface area contributed by atoms with Crippen LogP contribution in [0.1, 0.15) is 6.85 Å². The van der Waals surface area contributed by atoms with Gasteiger partial charge in [-0.2, -0.15) is 0 Å². The summed E-state index contributed by atoms with van der Waals surface area (Å²) >= 11 is 0. The minimum absolute atomic E-state index is 0.192. The highest BCUT2D eigenvalue weighted by molar-refractivity contribution is 6.29. The number of hydrogen-bond donors (Lipinski definition) is 0. The summed E-state index contributed by atoms with van der Waals surface area (Å²) in [5, 5.41) is 9.46. The molecule has 2 nitrogen and oxygen atoms in total. The molecule has 2 heteroatoms. The van der Waals surface area contributed by atoms with Crippen molar-refractivity contribution in [1.82, 2.24) is 9.13 Å². The lowest BCUT2D eigenvalue weighted by Crippen LogP contribution is -1.95. The van der Waals surface area contributed by atoms with Crippen molar-refractivity contribution < 1.29 is 6.85 Å². The van der Waals surface area contributed by atoms with Crippen LogP contribution in [0.5, 0.6) is 0 Å². The molecule has 0 saturated heterocycles. The summed E-state index contributed by atoms with van der Waals surface area (Å²) < 4.78 is 46.4. The highest BCUT2D eigenvalue weighted by Crippen LogP contribution is 2.43. The second-order valence-corrected chi connectivity index (χ2v) is 11.8. The minimum atomic E-state index is -0.396. The summed E-state index contributed by atoms with van der Waals surface area (Å²) in [5.41, 5.74) is 6.98. The number of hydrogen-bond acceptors (Lipinski definition) is 0. The first-order valence-corrected chi connectivity index (χ1v) is 15.5. The van der Waals surface area contributed by atoms with Gasteiger partial charge >= 0.3 is 0 Å². The van der Waals surface area contributed by atoms with Gasteiger partial charge < -0.3 is 9.13 Å². The van der Waals surface area contributed by atoms with E-state index in [0.717, 1.165) is 49.6 Å². The molecule has 0 radical (unpaired) electrons. The number of para-hydroxylation sites is 2. The van der Waals surface area contributed by atoms with E-state index in [-0.39, 0.29) is 29.7 Å². The van der Waals surface area contributed by atoms with Gasteiger partial charge in [0, 0.05) is 32.9 Å². The fourth-order valence-corrected chi connectivity index (χ4v) is 7.41. The van der Waals surface area contributed by atoms with Gasteiger partial charge in [-0.15, -0.1) is 0 Å². The van der Waals surface area contributed by atoms with E-state index < -0.39 is 6.04 Å². The molecule has 0 amide bonds. The third kappa shape index (κ3) is 3.59. The van der Waals surface area contributed by atoms with Crippen LogP contribution in [0.15, 0.2) is 170 Å². The van der Waals surface area contributed by atoms with Crippen molar-refractivity contribution in [2.24, 2.45) is 0 Å². The zero-order valence-corrected chi connectivity index (χ0v) is 24.7. The molecule has 0 aliphatic rings. The van der Waals surface area contributed by atoms with Gasteiger partial charge in [0.25, 0.3) is 0 Å². The molecule has 0 spiro atoms. The molecule has 10 rings (SSSR count). The molecule has 2 heterocycles. The standard InChI is InChI=1S/C44H28N2/c1-2-11-29(12-3-1)31-14-10-15-33(27-31)45-39-19-8-6-17-37(39)43-41(45)25-26-42-44(43)38-18-7-9-20-40(38)46(42)34-23-24-36-32(28-34)22-21-30-13-4-5-16-35(30)36/h1-28H/i1D,2D,3D,11D,12D. The van der Waals surface area contributed by atoms with Crippen LogP contribution in [0.2, 0.25) is 0 Å². The summed E-state index contributed by atoms with van der Waals surface area (Å²) in [4.78, 5) is 0. The van der Waals surface area contributed by atoms with Crippen LogP contribution in [0.4, 0.5) is 0 Å². The van der Waals surface area contributed by atoms with E-state index in [1.54, 1.807) is 0 Å². The Bertz CT molecular complexity index is 3070. The van der Waals surface area contributed by atoms with Gasteiger partial charge in [-0.1, -0.05) is 121 Å². The van der Waals surface area contributed by atoms with Gasteiger partial charge in [0.2, 0.25) is 0 Å². The first-order valence-electron chi connectivity index (χ1n) is 18.0. The first-order chi connectivity index (χ1) is 24.9. The molecule has 2 aromatic heterocycles. The molecular formula is C44H28N2. The largest absolute Gasteiger partial charge is 0.309 e. The van der Waals surface area contributed by atoms with E-state index in [1.165, 1.54) is 26.9 Å². The number of nitrogens with zero attached hydrogens (tertiary/aromatic N) is 2. The quantitative estimate of drug-likeness (QED) is 0.181. The second-order valence-electron chi connectivity index (χ2n) is 11.8. The normalized spacial score (nSPS) is 13.4. The van der Waals surface area contributed by atoms with E-state index >= 15 is 0 Å². The van der Waals surface area contributed by atoms with Crippen LogP contribution in [-0.2, 0) is 0 Å². The number of fused-ring (bicyclic) bond motifs is 10. The van der Waals surface area contributed by atoms with E-state index in [2.05, 4.69) is 118 Å². The Balaban J connectivity index is 1.25. The van der Waals surface area contributed by atoms with Gasteiger partial charge in [-0.05, 0) is 81.2 Å². The Kier molecular flexibility index (Phi) is 4.37. The predicted octanol–water partition coefficient (Wildman–Crippen LogP) is 11.9. The maximum absolute atomic E-state index is 8.62. The molecule has 10 aromatic rings. The Morgan fingerprint density at radius 1 is 0.370 bits per heavy atom. The van der Waals surface area contributed by atoms with Crippen molar-refractivity contribution in [1.29, 1.82) is 0 Å². The smallest absolute Gasteiger partial charge is 0.0629 e. The molecule has 0 saturated carbocycles. The van der Waals surface area contributed by atoms with Crippen molar-refractivity contribution >= 4 is 65.2 Å². The fourth-order valence-electron chi connectivity index (χ4n) is 7.41. The summed E-state index contributed by atoms with van der Waals surface area (Å²) in [7, 11) is 0. The maximum atomic E-state index is 8.62. The highest BCUT2D eigenvalue weighted by Gasteiger charge is 2.20. The minimum Gasteiger partial charge on any atom is -0.309 e. The zero-order chi connectivity index (χ0) is 34.5. The van der Waals surface area contributed by atoms with Crippen molar-refractivity contribution in [3.63, 3.8) is 0 Å². The fraction of sp³-hybridized carbons (Fsp3) is 0. The van der Waals surface area contributed by atoms with Gasteiger partial charge in [0.15, 0.2) is 0 Å². The van der Waals surface area contributed by atoms with E-state index in [1.807, 2.05) is 30.3 Å². The predicted molar refractivity (Wildman–Crippen MR) is 196 cm³/mol. The molecule has 46 heavy (non-hydrogen) atoms. The average molecular weight is 590 g/mol. The van der Waals surface area contributed by atoms with E-state index in [4.69, 9.17) is 6.85 Å². The summed E-state index contributed by atoms with van der Waals surface area (Å²) in [6.45, 7) is 0. The second kappa shape index (κ2) is 9.69. The molecule has 0 bridgehead atoms. The summed E-state index contributed by atoms with van der Waals surface area (Å²) in [5.74, 6) is 0. The third-order valence-electron chi connectivity index (χ3n) is 9.35. The van der Waals surface area contributed by atoms with Crippen LogP contribution < -0.4 is 0 Å². The molecule has 0 aliphatic carbocycles. The topological polar surface area (TPSA) is 9.86 Å².